The molecule has 1 saturated heterocycles. The average Bonchev–Trinajstić information content (AvgIpc) is 2.84. The molecule has 34 heavy (non-hydrogen) atoms. The number of methoxy groups -OCH3 is 1. The van der Waals surface area contributed by atoms with E-state index < -0.39 is 5.25 Å². The molecule has 0 aliphatic carbocycles. The van der Waals surface area contributed by atoms with E-state index in [-0.39, 0.29) is 24.1 Å². The summed E-state index contributed by atoms with van der Waals surface area (Å²) in [5, 5.41) is 2.63. The first-order chi connectivity index (χ1) is 16.4. The van der Waals surface area contributed by atoms with Crippen molar-refractivity contribution in [3.05, 3.63) is 87.7 Å². The van der Waals surface area contributed by atoms with Crippen LogP contribution in [0.5, 0.6) is 5.75 Å². The van der Waals surface area contributed by atoms with Crippen molar-refractivity contribution in [1.29, 1.82) is 0 Å². The number of rotatable bonds is 6. The molecule has 4 rings (SSSR count). The Kier molecular flexibility index (Phi) is 7.84. The molecule has 3 aromatic carbocycles. The van der Waals surface area contributed by atoms with Crippen LogP contribution in [-0.4, -0.2) is 34.2 Å². The highest BCUT2D eigenvalue weighted by Gasteiger charge is 2.36. The van der Waals surface area contributed by atoms with E-state index in [1.807, 2.05) is 48.5 Å². The van der Waals surface area contributed by atoms with Gasteiger partial charge in [-0.05, 0) is 88.8 Å². The molecule has 1 N–H and O–H groups in total. The number of hydrogen-bond acceptors (Lipinski definition) is 5. The van der Waals surface area contributed by atoms with Gasteiger partial charge in [-0.3, -0.25) is 14.5 Å². The summed E-state index contributed by atoms with van der Waals surface area (Å²) in [5.41, 5.74) is 2.05. The van der Waals surface area contributed by atoms with Gasteiger partial charge in [0.2, 0.25) is 11.8 Å². The van der Waals surface area contributed by atoms with Gasteiger partial charge >= 0.3 is 0 Å². The molecule has 1 aliphatic heterocycles. The van der Waals surface area contributed by atoms with Gasteiger partial charge in [0.05, 0.1) is 19.3 Å². The maximum absolute atomic E-state index is 13.4. The van der Waals surface area contributed by atoms with Crippen LogP contribution in [0, 0.1) is 9.39 Å². The fourth-order valence-corrected chi connectivity index (χ4v) is 4.75. The molecular formula is C25H21FIN3O3S. The van der Waals surface area contributed by atoms with Gasteiger partial charge in [0.15, 0.2) is 5.17 Å². The van der Waals surface area contributed by atoms with Crippen molar-refractivity contribution in [2.75, 3.05) is 12.4 Å². The van der Waals surface area contributed by atoms with Crippen molar-refractivity contribution < 1.29 is 18.7 Å². The van der Waals surface area contributed by atoms with E-state index in [0.29, 0.717) is 23.1 Å². The molecule has 1 unspecified atom stereocenters. The van der Waals surface area contributed by atoms with Gasteiger partial charge in [0.25, 0.3) is 0 Å². The normalized spacial score (nSPS) is 17.0. The van der Waals surface area contributed by atoms with E-state index in [9.17, 15) is 14.0 Å². The number of hydrogen-bond donors (Lipinski definition) is 1. The summed E-state index contributed by atoms with van der Waals surface area (Å²) < 4.78 is 19.6. The fraction of sp³-hybridized carbons (Fsp3) is 0.160. The lowest BCUT2D eigenvalue weighted by molar-refractivity contribution is -0.129. The minimum atomic E-state index is -0.641. The second-order valence-electron chi connectivity index (χ2n) is 7.51. The van der Waals surface area contributed by atoms with E-state index in [2.05, 4.69) is 32.9 Å². The van der Waals surface area contributed by atoms with Crippen LogP contribution >= 0.6 is 34.4 Å². The SMILES string of the molecule is COc1ccc(CN2C(=O)CC(C(=O)Nc3ccc(I)cc3)SC2=Nc2ccc(F)cc2)cc1. The Morgan fingerprint density at radius 3 is 2.44 bits per heavy atom. The van der Waals surface area contributed by atoms with Gasteiger partial charge in [0.1, 0.15) is 16.8 Å². The Bertz CT molecular complexity index is 1200. The van der Waals surface area contributed by atoms with E-state index in [1.165, 1.54) is 36.0 Å². The Morgan fingerprint density at radius 1 is 1.12 bits per heavy atom. The highest BCUT2D eigenvalue weighted by atomic mass is 127. The average molecular weight is 589 g/mol. The van der Waals surface area contributed by atoms with Crippen molar-refractivity contribution in [2.24, 2.45) is 4.99 Å². The molecule has 0 saturated carbocycles. The van der Waals surface area contributed by atoms with Crippen LogP contribution < -0.4 is 10.1 Å². The van der Waals surface area contributed by atoms with Gasteiger partial charge in [-0.15, -0.1) is 0 Å². The molecule has 0 spiro atoms. The predicted molar refractivity (Wildman–Crippen MR) is 141 cm³/mol. The standard InChI is InChI=1S/C25H21FIN3O3S/c1-33-21-12-2-16(3-13-21)15-30-23(31)14-22(24(32)28-19-10-6-18(27)7-11-19)34-25(30)29-20-8-4-17(26)5-9-20/h2-13,22H,14-15H2,1H3,(H,28,32). The molecule has 2 amide bonds. The highest BCUT2D eigenvalue weighted by Crippen LogP contribution is 2.31. The smallest absolute Gasteiger partial charge is 0.238 e. The van der Waals surface area contributed by atoms with E-state index in [0.717, 1.165) is 14.9 Å². The predicted octanol–water partition coefficient (Wildman–Crippen LogP) is 5.60. The van der Waals surface area contributed by atoms with Crippen molar-refractivity contribution in [1.82, 2.24) is 4.90 Å². The molecule has 1 atom stereocenters. The zero-order valence-corrected chi connectivity index (χ0v) is 21.2. The van der Waals surface area contributed by atoms with Gasteiger partial charge in [-0.1, -0.05) is 23.9 Å². The molecule has 0 bridgehead atoms. The Morgan fingerprint density at radius 2 is 1.79 bits per heavy atom. The molecule has 0 radical (unpaired) electrons. The summed E-state index contributed by atoms with van der Waals surface area (Å²) in [4.78, 5) is 32.3. The lowest BCUT2D eigenvalue weighted by atomic mass is 10.2. The zero-order valence-electron chi connectivity index (χ0n) is 18.2. The van der Waals surface area contributed by atoms with Crippen LogP contribution in [0.2, 0.25) is 0 Å². The second-order valence-corrected chi connectivity index (χ2v) is 9.92. The maximum Gasteiger partial charge on any atom is 0.238 e. The van der Waals surface area contributed by atoms with E-state index in [1.54, 1.807) is 12.0 Å². The topological polar surface area (TPSA) is 71.0 Å². The summed E-state index contributed by atoms with van der Waals surface area (Å²) in [6.45, 7) is 0.293. The molecule has 1 aliphatic rings. The molecule has 0 aromatic heterocycles. The van der Waals surface area contributed by atoms with E-state index >= 15 is 0 Å². The third-order valence-corrected chi connectivity index (χ3v) is 7.00. The number of nitrogens with zero attached hydrogens (tertiary/aromatic N) is 2. The van der Waals surface area contributed by atoms with Crippen molar-refractivity contribution in [3.8, 4) is 5.75 Å². The quantitative estimate of drug-likeness (QED) is 0.381. The first kappa shape index (κ1) is 24.2. The van der Waals surface area contributed by atoms with Gasteiger partial charge in [0, 0.05) is 15.7 Å². The fourth-order valence-electron chi connectivity index (χ4n) is 3.29. The van der Waals surface area contributed by atoms with Gasteiger partial charge in [-0.2, -0.15) is 0 Å². The number of anilines is 1. The monoisotopic (exact) mass is 589 g/mol. The highest BCUT2D eigenvalue weighted by molar-refractivity contribution is 14.1. The number of benzene rings is 3. The van der Waals surface area contributed by atoms with Crippen molar-refractivity contribution in [3.63, 3.8) is 0 Å². The molecule has 6 nitrogen and oxygen atoms in total. The molecule has 3 aromatic rings. The Balaban J connectivity index is 1.58. The van der Waals surface area contributed by atoms with Crippen molar-refractivity contribution >= 4 is 62.7 Å². The molecular weight excluding hydrogens is 568 g/mol. The number of halogens is 2. The minimum absolute atomic E-state index is 0.0411. The van der Waals surface area contributed by atoms with Crippen LogP contribution in [0.15, 0.2) is 77.8 Å². The number of amidine groups is 1. The van der Waals surface area contributed by atoms with Crippen LogP contribution in [-0.2, 0) is 16.1 Å². The summed E-state index contributed by atoms with van der Waals surface area (Å²) in [5.74, 6) is -0.134. The van der Waals surface area contributed by atoms with Gasteiger partial charge in [-0.25, -0.2) is 9.38 Å². The Hall–Kier alpha value is -2.92. The number of carbonyl (C=O) groups excluding carboxylic acids is 2. The number of amides is 2. The minimum Gasteiger partial charge on any atom is -0.497 e. The first-order valence-electron chi connectivity index (χ1n) is 10.4. The number of carbonyl (C=O) groups is 2. The number of thioether (sulfide) groups is 1. The molecule has 174 valence electrons. The summed E-state index contributed by atoms with van der Waals surface area (Å²) >= 11 is 3.42. The van der Waals surface area contributed by atoms with Crippen LogP contribution in [0.1, 0.15) is 12.0 Å². The van der Waals surface area contributed by atoms with Crippen LogP contribution in [0.3, 0.4) is 0 Å². The lowest BCUT2D eigenvalue weighted by Gasteiger charge is -2.32. The maximum atomic E-state index is 13.4. The number of ether oxygens (including phenoxy) is 1. The summed E-state index contributed by atoms with van der Waals surface area (Å²) in [6.07, 6.45) is 0.0411. The zero-order chi connectivity index (χ0) is 24.1. The Labute approximate surface area is 214 Å². The first-order valence-corrected chi connectivity index (χ1v) is 12.4. The molecule has 1 fully saturated rings. The molecule has 1 heterocycles. The number of nitrogens with one attached hydrogen (secondary N) is 1. The van der Waals surface area contributed by atoms with E-state index in [4.69, 9.17) is 4.74 Å². The van der Waals surface area contributed by atoms with Crippen LogP contribution in [0.25, 0.3) is 0 Å². The third-order valence-electron chi connectivity index (χ3n) is 5.09. The van der Waals surface area contributed by atoms with Crippen molar-refractivity contribution in [2.45, 2.75) is 18.2 Å². The summed E-state index contributed by atoms with van der Waals surface area (Å²) in [7, 11) is 1.59. The lowest BCUT2D eigenvalue weighted by Crippen LogP contribution is -2.44. The number of aliphatic imine (C=N–C) groups is 1. The van der Waals surface area contributed by atoms with Crippen LogP contribution in [0.4, 0.5) is 15.8 Å². The molecule has 9 heteroatoms. The largest absolute Gasteiger partial charge is 0.497 e. The van der Waals surface area contributed by atoms with Gasteiger partial charge < -0.3 is 10.1 Å². The second kappa shape index (κ2) is 11.0. The third kappa shape index (κ3) is 6.15. The summed E-state index contributed by atoms with van der Waals surface area (Å²) in [6, 6.07) is 20.5.